The molecule has 144 valence electrons. The summed E-state index contributed by atoms with van der Waals surface area (Å²) in [7, 11) is 0. The standard InChI is InChI=1S/C19H13ClF3N3OS/c20-15(10-12-6-8-14(9-7-12)19(21,22)23)17-25-26-18(28-17)16(27)24-11-13-4-2-1-3-5-13/h1-10H,11H2,(H,24,27). The smallest absolute Gasteiger partial charge is 0.346 e. The Morgan fingerprint density at radius 3 is 2.32 bits per heavy atom. The van der Waals surface area contributed by atoms with Gasteiger partial charge in [0.05, 0.1) is 10.6 Å². The first-order chi connectivity index (χ1) is 13.3. The van der Waals surface area contributed by atoms with Crippen LogP contribution in [0.1, 0.15) is 31.5 Å². The zero-order valence-electron chi connectivity index (χ0n) is 14.2. The predicted octanol–water partition coefficient (Wildman–Crippen LogP) is 5.22. The number of amides is 1. The van der Waals surface area contributed by atoms with Crippen LogP contribution in [0.5, 0.6) is 0 Å². The van der Waals surface area contributed by atoms with Gasteiger partial charge in [0.1, 0.15) is 0 Å². The molecule has 2 aromatic carbocycles. The van der Waals surface area contributed by atoms with Gasteiger partial charge in [0.25, 0.3) is 5.91 Å². The van der Waals surface area contributed by atoms with Gasteiger partial charge in [-0.25, -0.2) is 0 Å². The normalized spacial score (nSPS) is 12.1. The maximum absolute atomic E-state index is 12.6. The van der Waals surface area contributed by atoms with E-state index in [9.17, 15) is 18.0 Å². The Balaban J connectivity index is 1.67. The van der Waals surface area contributed by atoms with Gasteiger partial charge in [-0.3, -0.25) is 4.79 Å². The van der Waals surface area contributed by atoms with Crippen LogP contribution in [-0.2, 0) is 12.7 Å². The number of hydrogen-bond acceptors (Lipinski definition) is 4. The molecule has 28 heavy (non-hydrogen) atoms. The van der Waals surface area contributed by atoms with Crippen LogP contribution in [0, 0.1) is 0 Å². The molecule has 0 atom stereocenters. The summed E-state index contributed by atoms with van der Waals surface area (Å²) in [5.74, 6) is -0.383. The van der Waals surface area contributed by atoms with E-state index in [1.165, 1.54) is 18.2 Å². The molecule has 0 unspecified atom stereocenters. The molecule has 1 N–H and O–H groups in total. The quantitative estimate of drug-likeness (QED) is 0.611. The number of nitrogens with one attached hydrogen (secondary N) is 1. The van der Waals surface area contributed by atoms with Crippen LogP contribution in [0.2, 0.25) is 0 Å². The maximum atomic E-state index is 12.6. The Morgan fingerprint density at radius 2 is 1.68 bits per heavy atom. The third kappa shape index (κ3) is 5.17. The van der Waals surface area contributed by atoms with Gasteiger partial charge in [0.2, 0.25) is 5.01 Å². The van der Waals surface area contributed by atoms with Crippen LogP contribution in [0.15, 0.2) is 54.6 Å². The van der Waals surface area contributed by atoms with Crippen molar-refractivity contribution in [2.75, 3.05) is 0 Å². The van der Waals surface area contributed by atoms with Crippen LogP contribution in [0.3, 0.4) is 0 Å². The molecular weight excluding hydrogens is 411 g/mol. The van der Waals surface area contributed by atoms with Crippen molar-refractivity contribution in [1.82, 2.24) is 15.5 Å². The summed E-state index contributed by atoms with van der Waals surface area (Å²) in [6.45, 7) is 0.351. The molecule has 0 saturated heterocycles. The highest BCUT2D eigenvalue weighted by atomic mass is 35.5. The van der Waals surface area contributed by atoms with E-state index in [0.29, 0.717) is 17.1 Å². The number of carbonyl (C=O) groups excluding carboxylic acids is 1. The molecule has 4 nitrogen and oxygen atoms in total. The third-order valence-electron chi connectivity index (χ3n) is 3.65. The van der Waals surface area contributed by atoms with Crippen LogP contribution in [0.25, 0.3) is 11.1 Å². The lowest BCUT2D eigenvalue weighted by Crippen LogP contribution is -2.22. The second-order valence-corrected chi connectivity index (χ2v) is 7.08. The van der Waals surface area contributed by atoms with Crippen LogP contribution in [-0.4, -0.2) is 16.1 Å². The molecule has 1 aromatic heterocycles. The summed E-state index contributed by atoms with van der Waals surface area (Å²) in [5.41, 5.74) is 0.679. The van der Waals surface area contributed by atoms with Crippen molar-refractivity contribution in [3.8, 4) is 0 Å². The molecule has 0 fully saturated rings. The molecular formula is C19H13ClF3N3OS. The zero-order chi connectivity index (χ0) is 20.1. The van der Waals surface area contributed by atoms with E-state index in [4.69, 9.17) is 11.6 Å². The topological polar surface area (TPSA) is 54.9 Å². The van der Waals surface area contributed by atoms with Crippen molar-refractivity contribution in [3.05, 3.63) is 81.3 Å². The van der Waals surface area contributed by atoms with Crippen LogP contribution in [0.4, 0.5) is 13.2 Å². The number of benzene rings is 2. The number of carbonyl (C=O) groups is 1. The van der Waals surface area contributed by atoms with Gasteiger partial charge in [-0.15, -0.1) is 10.2 Å². The number of alkyl halides is 3. The van der Waals surface area contributed by atoms with Gasteiger partial charge in [-0.1, -0.05) is 65.4 Å². The average molecular weight is 424 g/mol. The van der Waals surface area contributed by atoms with Crippen molar-refractivity contribution in [1.29, 1.82) is 0 Å². The van der Waals surface area contributed by atoms with E-state index in [-0.39, 0.29) is 15.9 Å². The maximum Gasteiger partial charge on any atom is 0.416 e. The number of aromatic nitrogens is 2. The third-order valence-corrected chi connectivity index (χ3v) is 5.01. The van der Waals surface area contributed by atoms with Crippen molar-refractivity contribution < 1.29 is 18.0 Å². The summed E-state index contributed by atoms with van der Waals surface area (Å²) in [6, 6.07) is 13.9. The SMILES string of the molecule is O=C(NCc1ccccc1)c1nnc(C(Cl)=Cc2ccc(C(F)(F)F)cc2)s1. The van der Waals surface area contributed by atoms with Gasteiger partial charge in [-0.05, 0) is 29.3 Å². The van der Waals surface area contributed by atoms with E-state index in [0.717, 1.165) is 29.0 Å². The van der Waals surface area contributed by atoms with E-state index in [1.54, 1.807) is 0 Å². The minimum Gasteiger partial charge on any atom is -0.346 e. The first kappa shape index (κ1) is 20.0. The van der Waals surface area contributed by atoms with E-state index in [2.05, 4.69) is 15.5 Å². The number of rotatable bonds is 5. The molecule has 0 aliphatic rings. The Hall–Kier alpha value is -2.71. The predicted molar refractivity (Wildman–Crippen MR) is 103 cm³/mol. The second-order valence-electron chi connectivity index (χ2n) is 5.69. The van der Waals surface area contributed by atoms with Crippen LogP contribution < -0.4 is 5.32 Å². The van der Waals surface area contributed by atoms with Gasteiger partial charge < -0.3 is 5.32 Å². The van der Waals surface area contributed by atoms with Crippen molar-refractivity contribution in [2.45, 2.75) is 12.7 Å². The fourth-order valence-electron chi connectivity index (χ4n) is 2.24. The number of halogens is 4. The van der Waals surface area contributed by atoms with Crippen molar-refractivity contribution in [3.63, 3.8) is 0 Å². The van der Waals surface area contributed by atoms with Gasteiger partial charge in [0, 0.05) is 6.54 Å². The minimum atomic E-state index is -4.40. The van der Waals surface area contributed by atoms with Crippen molar-refractivity contribution >= 4 is 40.0 Å². The molecule has 3 aromatic rings. The highest BCUT2D eigenvalue weighted by Gasteiger charge is 2.29. The Morgan fingerprint density at radius 1 is 1.04 bits per heavy atom. The Kier molecular flexibility index (Phi) is 6.11. The van der Waals surface area contributed by atoms with Gasteiger partial charge in [0.15, 0.2) is 5.01 Å². The fraction of sp³-hybridized carbons (Fsp3) is 0.105. The molecule has 0 bridgehead atoms. The molecule has 1 amide bonds. The van der Waals surface area contributed by atoms with Gasteiger partial charge >= 0.3 is 6.18 Å². The summed E-state index contributed by atoms with van der Waals surface area (Å²) in [5, 5.41) is 11.1. The summed E-state index contributed by atoms with van der Waals surface area (Å²) >= 11 is 7.17. The molecule has 0 saturated carbocycles. The monoisotopic (exact) mass is 423 g/mol. The average Bonchev–Trinajstić information content (AvgIpc) is 3.17. The lowest BCUT2D eigenvalue weighted by atomic mass is 10.1. The van der Waals surface area contributed by atoms with Crippen molar-refractivity contribution in [2.24, 2.45) is 0 Å². The zero-order valence-corrected chi connectivity index (χ0v) is 15.8. The first-order valence-electron chi connectivity index (χ1n) is 8.03. The highest BCUT2D eigenvalue weighted by molar-refractivity contribution is 7.15. The summed E-state index contributed by atoms with van der Waals surface area (Å²) < 4.78 is 37.8. The van der Waals surface area contributed by atoms with E-state index < -0.39 is 11.7 Å². The summed E-state index contributed by atoms with van der Waals surface area (Å²) in [6.07, 6.45) is -2.93. The lowest BCUT2D eigenvalue weighted by Gasteiger charge is -2.06. The highest BCUT2D eigenvalue weighted by Crippen LogP contribution is 2.30. The molecule has 0 aliphatic heterocycles. The molecule has 1 heterocycles. The molecule has 0 spiro atoms. The molecule has 0 aliphatic carbocycles. The lowest BCUT2D eigenvalue weighted by molar-refractivity contribution is -0.137. The first-order valence-corrected chi connectivity index (χ1v) is 9.23. The molecule has 3 rings (SSSR count). The number of nitrogens with zero attached hydrogens (tertiary/aromatic N) is 2. The largest absolute Gasteiger partial charge is 0.416 e. The fourth-order valence-corrected chi connectivity index (χ4v) is 3.19. The van der Waals surface area contributed by atoms with Crippen LogP contribution >= 0.6 is 22.9 Å². The van der Waals surface area contributed by atoms with Gasteiger partial charge in [-0.2, -0.15) is 13.2 Å². The Bertz CT molecular complexity index is 986. The van der Waals surface area contributed by atoms with E-state index >= 15 is 0 Å². The summed E-state index contributed by atoms with van der Waals surface area (Å²) in [4.78, 5) is 12.2. The minimum absolute atomic E-state index is 0.143. The number of hydrogen-bond donors (Lipinski definition) is 1. The Labute approximate surface area is 167 Å². The second kappa shape index (κ2) is 8.53. The molecule has 9 heteroatoms. The molecule has 0 radical (unpaired) electrons. The van der Waals surface area contributed by atoms with E-state index in [1.807, 2.05) is 30.3 Å².